The van der Waals surface area contributed by atoms with Crippen molar-refractivity contribution in [3.05, 3.63) is 258 Å². The fourth-order valence-corrected chi connectivity index (χ4v) is 11.0. The summed E-state index contributed by atoms with van der Waals surface area (Å²) < 4.78 is 0. The molecule has 1 heteroatoms. The molecular weight excluding hydrogens is 771 g/mol. The Kier molecular flexibility index (Phi) is 9.62. The van der Waals surface area contributed by atoms with Gasteiger partial charge in [-0.3, -0.25) is 0 Å². The lowest BCUT2D eigenvalue weighted by atomic mass is 9.63. The second-order valence-corrected chi connectivity index (χ2v) is 19.1. The predicted octanol–water partition coefficient (Wildman–Crippen LogP) is 16.9. The maximum Gasteiger partial charge on any atom is 0.0714 e. The summed E-state index contributed by atoms with van der Waals surface area (Å²) in [5, 5.41) is 0. The van der Waals surface area contributed by atoms with E-state index in [2.05, 4.69) is 257 Å². The molecule has 0 radical (unpaired) electrons. The molecule has 0 spiro atoms. The quantitative estimate of drug-likeness (QED) is 0.148. The van der Waals surface area contributed by atoms with Crippen LogP contribution in [0, 0.1) is 0 Å². The number of hydrogen-bond acceptors (Lipinski definition) is 1. The number of anilines is 3. The number of hydrogen-bond donors (Lipinski definition) is 0. The van der Waals surface area contributed by atoms with Crippen LogP contribution in [0.25, 0.3) is 44.5 Å². The van der Waals surface area contributed by atoms with Gasteiger partial charge in [-0.2, -0.15) is 0 Å². The molecule has 0 saturated heterocycles. The first-order chi connectivity index (χ1) is 31.2. The van der Waals surface area contributed by atoms with E-state index < -0.39 is 5.41 Å². The summed E-state index contributed by atoms with van der Waals surface area (Å²) in [5.41, 5.74) is 20.7. The Morgan fingerprint density at radius 2 is 0.812 bits per heavy atom. The first kappa shape index (κ1) is 39.6. The van der Waals surface area contributed by atoms with E-state index >= 15 is 0 Å². The van der Waals surface area contributed by atoms with E-state index in [0.717, 1.165) is 23.5 Å². The van der Waals surface area contributed by atoms with Crippen molar-refractivity contribution in [1.29, 1.82) is 0 Å². The highest BCUT2D eigenvalue weighted by Crippen LogP contribution is 2.59. The summed E-state index contributed by atoms with van der Waals surface area (Å²) >= 11 is 0. The van der Waals surface area contributed by atoms with Crippen LogP contribution in [0.15, 0.2) is 224 Å². The van der Waals surface area contributed by atoms with Gasteiger partial charge in [0.1, 0.15) is 0 Å². The third kappa shape index (κ3) is 6.45. The lowest BCUT2D eigenvalue weighted by Crippen LogP contribution is -2.33. The number of benzene rings is 9. The Labute approximate surface area is 379 Å². The first-order valence-corrected chi connectivity index (χ1v) is 22.9. The fraction of sp³-hybridized carbons (Fsp3) is 0.143. The number of nitrogens with zero attached hydrogens (tertiary/aromatic N) is 1. The van der Waals surface area contributed by atoms with Crippen molar-refractivity contribution >= 4 is 17.1 Å². The Bertz CT molecular complexity index is 3090. The molecule has 2 aliphatic rings. The van der Waals surface area contributed by atoms with Gasteiger partial charge in [0.05, 0.1) is 16.8 Å². The third-order valence-corrected chi connectivity index (χ3v) is 14.4. The van der Waals surface area contributed by atoms with Gasteiger partial charge >= 0.3 is 0 Å². The van der Waals surface area contributed by atoms with E-state index in [4.69, 9.17) is 0 Å². The number of para-hydroxylation sites is 1. The second kappa shape index (κ2) is 15.5. The molecule has 64 heavy (non-hydrogen) atoms. The molecule has 0 heterocycles. The van der Waals surface area contributed by atoms with E-state index in [1.807, 2.05) is 0 Å². The molecule has 0 fully saturated rings. The maximum atomic E-state index is 2.56. The summed E-state index contributed by atoms with van der Waals surface area (Å²) in [7, 11) is 0. The van der Waals surface area contributed by atoms with Crippen molar-refractivity contribution in [3.63, 3.8) is 0 Å². The Morgan fingerprint density at radius 1 is 0.312 bits per heavy atom. The van der Waals surface area contributed by atoms with Crippen molar-refractivity contribution in [3.8, 4) is 44.5 Å². The van der Waals surface area contributed by atoms with Gasteiger partial charge in [-0.05, 0) is 121 Å². The molecule has 0 N–H and O–H groups in total. The van der Waals surface area contributed by atoms with Gasteiger partial charge in [-0.25, -0.2) is 0 Å². The van der Waals surface area contributed by atoms with Crippen LogP contribution in [-0.4, -0.2) is 0 Å². The summed E-state index contributed by atoms with van der Waals surface area (Å²) in [6.45, 7) is 9.73. The summed E-state index contributed by atoms with van der Waals surface area (Å²) in [6.07, 6.45) is 2.33. The van der Waals surface area contributed by atoms with Crippen LogP contribution < -0.4 is 4.90 Å². The van der Waals surface area contributed by atoms with Crippen molar-refractivity contribution < 1.29 is 0 Å². The van der Waals surface area contributed by atoms with Gasteiger partial charge in [0.25, 0.3) is 0 Å². The molecule has 0 saturated carbocycles. The van der Waals surface area contributed by atoms with E-state index in [1.54, 1.807) is 0 Å². The van der Waals surface area contributed by atoms with Crippen LogP contribution in [0.5, 0.6) is 0 Å². The highest BCUT2D eigenvalue weighted by Gasteiger charge is 2.47. The second-order valence-electron chi connectivity index (χ2n) is 19.1. The van der Waals surface area contributed by atoms with Crippen LogP contribution in [0.1, 0.15) is 73.9 Å². The van der Waals surface area contributed by atoms with E-state index in [0.29, 0.717) is 0 Å². The molecule has 0 aromatic heterocycles. The van der Waals surface area contributed by atoms with Crippen LogP contribution >= 0.6 is 0 Å². The van der Waals surface area contributed by atoms with Crippen molar-refractivity contribution in [2.45, 2.75) is 56.8 Å². The molecule has 9 aromatic carbocycles. The van der Waals surface area contributed by atoms with Gasteiger partial charge in [-0.1, -0.05) is 222 Å². The van der Waals surface area contributed by atoms with Crippen LogP contribution in [0.3, 0.4) is 0 Å². The van der Waals surface area contributed by atoms with Crippen molar-refractivity contribution in [2.24, 2.45) is 0 Å². The highest BCUT2D eigenvalue weighted by molar-refractivity contribution is 5.99. The molecule has 0 atom stereocenters. The largest absolute Gasteiger partial charge is 0.309 e. The summed E-state index contributed by atoms with van der Waals surface area (Å²) in [6, 6.07) is 83.7. The smallest absolute Gasteiger partial charge is 0.0714 e. The minimum Gasteiger partial charge on any atom is -0.309 e. The van der Waals surface area contributed by atoms with Crippen molar-refractivity contribution in [2.75, 3.05) is 4.90 Å². The standard InChI is InChI=1S/C63H53N/c1-61(2)39-40-62(3,4)58-41-47(35-38-56(58)61)53-42-54-52-30-17-19-31-55(52)63(48-25-13-7-14-26-48,49-27-15-8-16-28-49)57(54)43-60(53)64(50-36-33-45(34-37-50)44-21-9-5-10-22-44)59-32-20-18-29-51(59)46-23-11-6-12-24-46/h5-38,41-43H,39-40H2,1-4H3. The maximum absolute atomic E-state index is 2.56. The molecular formula is C63H53N. The van der Waals surface area contributed by atoms with Gasteiger partial charge in [0.2, 0.25) is 0 Å². The van der Waals surface area contributed by atoms with Gasteiger partial charge in [0, 0.05) is 16.8 Å². The lowest BCUT2D eigenvalue weighted by molar-refractivity contribution is 0.332. The van der Waals surface area contributed by atoms with Gasteiger partial charge in [-0.15, -0.1) is 0 Å². The van der Waals surface area contributed by atoms with E-state index in [9.17, 15) is 0 Å². The molecule has 0 aliphatic heterocycles. The summed E-state index contributed by atoms with van der Waals surface area (Å²) in [4.78, 5) is 2.55. The minimum atomic E-state index is -0.564. The summed E-state index contributed by atoms with van der Waals surface area (Å²) in [5.74, 6) is 0. The predicted molar refractivity (Wildman–Crippen MR) is 270 cm³/mol. The van der Waals surface area contributed by atoms with Crippen LogP contribution in [0.2, 0.25) is 0 Å². The number of rotatable bonds is 8. The average Bonchev–Trinajstić information content (AvgIpc) is 3.64. The molecule has 2 aliphatic carbocycles. The lowest BCUT2D eigenvalue weighted by Gasteiger charge is -2.42. The normalized spacial score (nSPS) is 15.1. The van der Waals surface area contributed by atoms with E-state index in [-0.39, 0.29) is 10.8 Å². The molecule has 11 rings (SSSR count). The topological polar surface area (TPSA) is 3.24 Å². The zero-order valence-corrected chi connectivity index (χ0v) is 37.2. The van der Waals surface area contributed by atoms with Crippen LogP contribution in [0.4, 0.5) is 17.1 Å². The molecule has 310 valence electrons. The minimum absolute atomic E-state index is 0.0486. The van der Waals surface area contributed by atoms with Gasteiger partial charge < -0.3 is 4.90 Å². The monoisotopic (exact) mass is 823 g/mol. The molecule has 0 bridgehead atoms. The fourth-order valence-electron chi connectivity index (χ4n) is 11.0. The SMILES string of the molecule is CC1(C)CCC(C)(C)c2cc(-c3cc4c(cc3N(c3ccc(-c5ccccc5)cc3)c3ccccc3-c3ccccc3)C(c3ccccc3)(c3ccccc3)c3ccccc3-4)ccc21. The van der Waals surface area contributed by atoms with Crippen molar-refractivity contribution in [1.82, 2.24) is 0 Å². The van der Waals surface area contributed by atoms with Crippen LogP contribution in [-0.2, 0) is 16.2 Å². The molecule has 9 aromatic rings. The zero-order chi connectivity index (χ0) is 43.5. The Balaban J connectivity index is 1.27. The highest BCUT2D eigenvalue weighted by atomic mass is 15.1. The number of fused-ring (bicyclic) bond motifs is 4. The average molecular weight is 824 g/mol. The molecule has 0 amide bonds. The Hall–Kier alpha value is -7.22. The molecule has 0 unspecified atom stereocenters. The Morgan fingerprint density at radius 3 is 1.45 bits per heavy atom. The molecule has 1 nitrogen and oxygen atoms in total. The van der Waals surface area contributed by atoms with E-state index in [1.165, 1.54) is 84.3 Å². The van der Waals surface area contributed by atoms with Gasteiger partial charge in [0.15, 0.2) is 0 Å². The first-order valence-electron chi connectivity index (χ1n) is 22.9. The zero-order valence-electron chi connectivity index (χ0n) is 37.2. The third-order valence-electron chi connectivity index (χ3n) is 14.4.